The van der Waals surface area contributed by atoms with Crippen molar-refractivity contribution < 1.29 is 4.74 Å². The summed E-state index contributed by atoms with van der Waals surface area (Å²) in [6, 6.07) is 8.27. The first-order chi connectivity index (χ1) is 9.76. The van der Waals surface area contributed by atoms with E-state index in [1.165, 1.54) is 16.1 Å². The average Bonchev–Trinajstić information content (AvgIpc) is 2.88. The van der Waals surface area contributed by atoms with Gasteiger partial charge in [-0.05, 0) is 30.5 Å². The summed E-state index contributed by atoms with van der Waals surface area (Å²) in [5.74, 6) is 1.67. The molecule has 0 saturated carbocycles. The lowest BCUT2D eigenvalue weighted by Crippen LogP contribution is -1.96. The highest BCUT2D eigenvalue weighted by atomic mass is 32.1. The van der Waals surface area contributed by atoms with Gasteiger partial charge in [0.2, 0.25) is 0 Å². The van der Waals surface area contributed by atoms with Gasteiger partial charge in [-0.2, -0.15) is 12.6 Å². The molecule has 0 aliphatic carbocycles. The molecule has 0 atom stereocenters. The van der Waals surface area contributed by atoms with Crippen LogP contribution >= 0.6 is 24.0 Å². The zero-order chi connectivity index (χ0) is 14.4. The zero-order valence-electron chi connectivity index (χ0n) is 12.1. The maximum atomic E-state index is 5.81. The van der Waals surface area contributed by atoms with Crippen molar-refractivity contribution in [2.75, 3.05) is 0 Å². The van der Waals surface area contributed by atoms with Crippen LogP contribution in [-0.4, -0.2) is 4.98 Å². The first-order valence-electron chi connectivity index (χ1n) is 7.06. The Balaban J connectivity index is 1.99. The molecule has 0 aliphatic heterocycles. The number of ether oxygens (including phenoxy) is 1. The number of hydrogen-bond acceptors (Lipinski definition) is 4. The second-order valence-corrected chi connectivity index (χ2v) is 6.16. The lowest BCUT2D eigenvalue weighted by molar-refractivity contribution is 0.305. The van der Waals surface area contributed by atoms with Crippen LogP contribution in [0.15, 0.2) is 24.3 Å². The zero-order valence-corrected chi connectivity index (χ0v) is 13.8. The molecule has 0 N–H and O–H groups in total. The first-order valence-corrected chi connectivity index (χ1v) is 8.51. The van der Waals surface area contributed by atoms with Crippen molar-refractivity contribution >= 4 is 24.0 Å². The van der Waals surface area contributed by atoms with Crippen molar-refractivity contribution in [3.8, 4) is 5.75 Å². The minimum Gasteiger partial charge on any atom is -0.486 e. The van der Waals surface area contributed by atoms with Crippen LogP contribution in [0.1, 0.15) is 41.4 Å². The molecule has 0 aliphatic rings. The summed E-state index contributed by atoms with van der Waals surface area (Å²) in [6.07, 6.45) is 3.19. The van der Waals surface area contributed by atoms with E-state index in [1.807, 2.05) is 12.1 Å². The Labute approximate surface area is 130 Å². The first kappa shape index (κ1) is 15.4. The molecule has 108 valence electrons. The summed E-state index contributed by atoms with van der Waals surface area (Å²) in [5, 5.41) is 1.04. The van der Waals surface area contributed by atoms with Gasteiger partial charge < -0.3 is 4.74 Å². The highest BCUT2D eigenvalue weighted by molar-refractivity contribution is 7.79. The quantitative estimate of drug-likeness (QED) is 0.751. The molecule has 2 rings (SSSR count). The third kappa shape index (κ3) is 4.00. The van der Waals surface area contributed by atoms with E-state index in [4.69, 9.17) is 4.74 Å². The van der Waals surface area contributed by atoms with Crippen LogP contribution < -0.4 is 4.74 Å². The molecular weight excluding hydrogens is 286 g/mol. The molecule has 2 nitrogen and oxygen atoms in total. The van der Waals surface area contributed by atoms with E-state index >= 15 is 0 Å². The third-order valence-corrected chi connectivity index (χ3v) is 4.75. The second-order valence-electron chi connectivity index (χ2n) is 4.67. The van der Waals surface area contributed by atoms with Crippen molar-refractivity contribution in [1.82, 2.24) is 4.98 Å². The standard InChI is InChI=1S/C16H21NOS2/c1-3-5-14-15(11-19)20-16(17-14)10-18-13-8-6-12(4-2)7-9-13/h6-9,19H,3-5,10-11H2,1-2H3. The number of aryl methyl sites for hydroxylation is 2. The van der Waals surface area contributed by atoms with Crippen molar-refractivity contribution in [3.63, 3.8) is 0 Å². The van der Waals surface area contributed by atoms with Crippen molar-refractivity contribution in [2.24, 2.45) is 0 Å². The fourth-order valence-corrected chi connectivity index (χ4v) is 3.29. The van der Waals surface area contributed by atoms with Crippen LogP contribution in [0.3, 0.4) is 0 Å². The van der Waals surface area contributed by atoms with E-state index in [-0.39, 0.29) is 0 Å². The third-order valence-electron chi connectivity index (χ3n) is 3.15. The Morgan fingerprint density at radius 1 is 1.20 bits per heavy atom. The SMILES string of the molecule is CCCc1nc(COc2ccc(CC)cc2)sc1CS. The number of thiazole rings is 1. The Morgan fingerprint density at radius 3 is 2.55 bits per heavy atom. The average molecular weight is 307 g/mol. The number of thiol groups is 1. The maximum Gasteiger partial charge on any atom is 0.140 e. The highest BCUT2D eigenvalue weighted by Gasteiger charge is 2.09. The van der Waals surface area contributed by atoms with Gasteiger partial charge in [0.05, 0.1) is 5.69 Å². The lowest BCUT2D eigenvalue weighted by atomic mass is 10.2. The molecule has 0 fully saturated rings. The van der Waals surface area contributed by atoms with Crippen LogP contribution in [0.4, 0.5) is 0 Å². The monoisotopic (exact) mass is 307 g/mol. The van der Waals surface area contributed by atoms with Gasteiger partial charge in [0, 0.05) is 10.6 Å². The van der Waals surface area contributed by atoms with E-state index < -0.39 is 0 Å². The molecular formula is C16H21NOS2. The van der Waals surface area contributed by atoms with E-state index in [1.54, 1.807) is 11.3 Å². The van der Waals surface area contributed by atoms with Gasteiger partial charge >= 0.3 is 0 Å². The van der Waals surface area contributed by atoms with E-state index in [0.29, 0.717) is 6.61 Å². The molecule has 0 spiro atoms. The second kappa shape index (κ2) is 7.70. The minimum absolute atomic E-state index is 0.542. The van der Waals surface area contributed by atoms with Crippen LogP contribution in [0.5, 0.6) is 5.75 Å². The summed E-state index contributed by atoms with van der Waals surface area (Å²) in [4.78, 5) is 5.94. The van der Waals surface area contributed by atoms with Crippen LogP contribution in [-0.2, 0) is 25.2 Å². The van der Waals surface area contributed by atoms with Gasteiger partial charge in [-0.25, -0.2) is 4.98 Å². The van der Waals surface area contributed by atoms with Crippen molar-refractivity contribution in [3.05, 3.63) is 45.4 Å². The van der Waals surface area contributed by atoms with Crippen LogP contribution in [0.25, 0.3) is 0 Å². The number of benzene rings is 1. The van der Waals surface area contributed by atoms with E-state index in [0.717, 1.165) is 35.8 Å². The molecule has 0 saturated heterocycles. The van der Waals surface area contributed by atoms with Gasteiger partial charge in [0.25, 0.3) is 0 Å². The van der Waals surface area contributed by atoms with Gasteiger partial charge in [-0.1, -0.05) is 32.4 Å². The predicted molar refractivity (Wildman–Crippen MR) is 89.0 cm³/mol. The molecule has 0 unspecified atom stereocenters. The summed E-state index contributed by atoms with van der Waals surface area (Å²) in [5.41, 5.74) is 2.52. The topological polar surface area (TPSA) is 22.1 Å². The number of hydrogen-bond donors (Lipinski definition) is 1. The van der Waals surface area contributed by atoms with Crippen LogP contribution in [0, 0.1) is 0 Å². The number of aromatic nitrogens is 1. The molecule has 2 aromatic rings. The van der Waals surface area contributed by atoms with Gasteiger partial charge in [0.15, 0.2) is 0 Å². The molecule has 20 heavy (non-hydrogen) atoms. The molecule has 0 radical (unpaired) electrons. The molecule has 1 aromatic carbocycles. The molecule has 0 amide bonds. The lowest BCUT2D eigenvalue weighted by Gasteiger charge is -2.04. The van der Waals surface area contributed by atoms with Crippen molar-refractivity contribution in [1.29, 1.82) is 0 Å². The smallest absolute Gasteiger partial charge is 0.140 e. The molecule has 0 bridgehead atoms. The fraction of sp³-hybridized carbons (Fsp3) is 0.438. The minimum atomic E-state index is 0.542. The van der Waals surface area contributed by atoms with E-state index in [9.17, 15) is 0 Å². The normalized spacial score (nSPS) is 10.8. The fourth-order valence-electron chi connectivity index (χ4n) is 2.02. The Morgan fingerprint density at radius 2 is 1.95 bits per heavy atom. The van der Waals surface area contributed by atoms with Gasteiger partial charge in [0.1, 0.15) is 17.4 Å². The summed E-state index contributed by atoms with van der Waals surface area (Å²) in [6.45, 7) is 4.87. The Hall–Kier alpha value is -1.00. The predicted octanol–water partition coefficient (Wildman–Crippen LogP) is 4.67. The molecule has 1 heterocycles. The summed E-state index contributed by atoms with van der Waals surface area (Å²) >= 11 is 6.09. The largest absolute Gasteiger partial charge is 0.486 e. The van der Waals surface area contributed by atoms with Crippen LogP contribution in [0.2, 0.25) is 0 Å². The summed E-state index contributed by atoms with van der Waals surface area (Å²) in [7, 11) is 0. The maximum absolute atomic E-state index is 5.81. The van der Waals surface area contributed by atoms with Crippen molar-refractivity contribution in [2.45, 2.75) is 45.5 Å². The Kier molecular flexibility index (Phi) is 5.92. The number of nitrogens with zero attached hydrogens (tertiary/aromatic N) is 1. The number of rotatable bonds is 7. The van der Waals surface area contributed by atoms with E-state index in [2.05, 4.69) is 43.6 Å². The van der Waals surface area contributed by atoms with Gasteiger partial charge in [-0.3, -0.25) is 0 Å². The molecule has 1 aromatic heterocycles. The van der Waals surface area contributed by atoms with Gasteiger partial charge in [-0.15, -0.1) is 11.3 Å². The highest BCUT2D eigenvalue weighted by Crippen LogP contribution is 2.23. The Bertz CT molecular complexity index is 534. The summed E-state index contributed by atoms with van der Waals surface area (Å²) < 4.78 is 5.81. The molecule has 4 heteroatoms.